The van der Waals surface area contributed by atoms with Crippen LogP contribution in [-0.4, -0.2) is 48.2 Å². The lowest BCUT2D eigenvalue weighted by atomic mass is 9.99. The third-order valence-electron chi connectivity index (χ3n) is 5.54. The van der Waals surface area contributed by atoms with Crippen molar-refractivity contribution in [2.45, 2.75) is 38.3 Å². The van der Waals surface area contributed by atoms with E-state index in [0.29, 0.717) is 5.92 Å². The van der Waals surface area contributed by atoms with Crippen LogP contribution in [0.3, 0.4) is 0 Å². The van der Waals surface area contributed by atoms with Crippen molar-refractivity contribution >= 4 is 17.3 Å². The Morgan fingerprint density at radius 3 is 2.78 bits per heavy atom. The molecule has 0 aliphatic carbocycles. The molecule has 4 heterocycles. The van der Waals surface area contributed by atoms with E-state index in [1.807, 2.05) is 48.1 Å². The molecule has 2 atom stereocenters. The summed E-state index contributed by atoms with van der Waals surface area (Å²) in [5.74, 6) is 1.85. The second-order valence-electron chi connectivity index (χ2n) is 7.71. The highest BCUT2D eigenvalue weighted by atomic mass is 32.1. The predicted octanol–water partition coefficient (Wildman–Crippen LogP) is 3.49. The molecule has 0 amide bonds. The van der Waals surface area contributed by atoms with Gasteiger partial charge in [0, 0.05) is 36.8 Å². The molecule has 0 bridgehead atoms. The van der Waals surface area contributed by atoms with Crippen LogP contribution in [0.1, 0.15) is 48.2 Å². The zero-order chi connectivity index (χ0) is 21.8. The van der Waals surface area contributed by atoms with Crippen molar-refractivity contribution in [3.63, 3.8) is 0 Å². The number of thiazole rings is 1. The minimum absolute atomic E-state index is 0.322. The van der Waals surface area contributed by atoms with E-state index in [1.165, 1.54) is 0 Å². The second-order valence-corrected chi connectivity index (χ2v) is 8.60. The summed E-state index contributed by atoms with van der Waals surface area (Å²) in [6.07, 6.45) is 7.98. The van der Waals surface area contributed by atoms with E-state index < -0.39 is 6.23 Å². The Bertz CT molecular complexity index is 1120. The van der Waals surface area contributed by atoms with Gasteiger partial charge in [-0.2, -0.15) is 4.68 Å². The van der Waals surface area contributed by atoms with Crippen LogP contribution >= 0.6 is 11.3 Å². The number of piperidine rings is 1. The monoisotopic (exact) mass is 448 g/mol. The molecule has 3 aromatic heterocycles. The Morgan fingerprint density at radius 1 is 1.19 bits per heavy atom. The number of aryl methyl sites for hydroxylation is 1. The number of tetrazole rings is 1. The number of aromatic nitrogens is 7. The molecule has 0 spiro atoms. The topological polar surface area (TPSA) is 94.7 Å². The Labute approximate surface area is 190 Å². The molecule has 5 rings (SSSR count). The van der Waals surface area contributed by atoms with Gasteiger partial charge in [0.05, 0.1) is 5.01 Å². The van der Waals surface area contributed by atoms with Gasteiger partial charge in [-0.25, -0.2) is 15.0 Å². The van der Waals surface area contributed by atoms with Crippen LogP contribution in [-0.2, 0) is 6.42 Å². The first-order chi connectivity index (χ1) is 15.8. The fourth-order valence-electron chi connectivity index (χ4n) is 3.81. The molecule has 164 valence electrons. The Balaban J connectivity index is 1.35. The maximum absolute atomic E-state index is 6.19. The van der Waals surface area contributed by atoms with Crippen LogP contribution in [0.4, 0.5) is 5.95 Å². The van der Waals surface area contributed by atoms with Gasteiger partial charge in [-0.3, -0.25) is 0 Å². The number of ether oxygens (including phenoxy) is 1. The summed E-state index contributed by atoms with van der Waals surface area (Å²) < 4.78 is 7.78. The molecule has 0 saturated carbocycles. The van der Waals surface area contributed by atoms with Crippen LogP contribution in [0, 0.1) is 0 Å². The molecule has 0 radical (unpaired) electrons. The van der Waals surface area contributed by atoms with Gasteiger partial charge in [-0.05, 0) is 47.4 Å². The van der Waals surface area contributed by atoms with Crippen molar-refractivity contribution in [1.82, 2.24) is 35.2 Å². The highest BCUT2D eigenvalue weighted by Gasteiger charge is 2.27. The summed E-state index contributed by atoms with van der Waals surface area (Å²) in [7, 11) is 0. The average Bonchev–Trinajstić information content (AvgIpc) is 3.56. The molecule has 32 heavy (non-hydrogen) atoms. The molecule has 0 N–H and O–H groups in total. The summed E-state index contributed by atoms with van der Waals surface area (Å²) in [5.41, 5.74) is 1.95. The highest BCUT2D eigenvalue weighted by molar-refractivity contribution is 7.09. The van der Waals surface area contributed by atoms with Crippen molar-refractivity contribution in [1.29, 1.82) is 0 Å². The zero-order valence-corrected chi connectivity index (χ0v) is 18.6. The number of anilines is 1. The summed E-state index contributed by atoms with van der Waals surface area (Å²) in [4.78, 5) is 16.3. The number of hydrogen-bond acceptors (Lipinski definition) is 9. The molecule has 4 aromatic rings. The molecule has 1 aliphatic heterocycles. The highest BCUT2D eigenvalue weighted by Crippen LogP contribution is 2.33. The lowest BCUT2D eigenvalue weighted by Gasteiger charge is -2.31. The van der Waals surface area contributed by atoms with Gasteiger partial charge in [0.15, 0.2) is 0 Å². The predicted molar refractivity (Wildman–Crippen MR) is 121 cm³/mol. The van der Waals surface area contributed by atoms with Crippen molar-refractivity contribution < 1.29 is 4.74 Å². The number of nitrogens with zero attached hydrogens (tertiary/aromatic N) is 8. The zero-order valence-electron chi connectivity index (χ0n) is 17.8. The van der Waals surface area contributed by atoms with Crippen LogP contribution in [0.25, 0.3) is 0 Å². The largest absolute Gasteiger partial charge is 0.463 e. The maximum atomic E-state index is 6.19. The lowest BCUT2D eigenvalue weighted by Crippen LogP contribution is -2.35. The van der Waals surface area contributed by atoms with E-state index in [-0.39, 0.29) is 0 Å². The molecule has 9 nitrogen and oxygen atoms in total. The van der Waals surface area contributed by atoms with E-state index in [9.17, 15) is 0 Å². The van der Waals surface area contributed by atoms with Gasteiger partial charge < -0.3 is 9.64 Å². The molecular weight excluding hydrogens is 424 g/mol. The van der Waals surface area contributed by atoms with Gasteiger partial charge in [-0.15, -0.1) is 16.4 Å². The SMILES string of the molecule is CCc1cnc(N2CCCC(c3nc(C(Oc4ccccc4)n4cnnn4)cs3)C2)nc1. The summed E-state index contributed by atoms with van der Waals surface area (Å²) >= 11 is 1.66. The first kappa shape index (κ1) is 20.5. The molecule has 1 fully saturated rings. The van der Waals surface area contributed by atoms with Gasteiger partial charge in [-0.1, -0.05) is 25.1 Å². The summed E-state index contributed by atoms with van der Waals surface area (Å²) in [5, 5.41) is 14.7. The number of benzene rings is 1. The first-order valence-electron chi connectivity index (χ1n) is 10.8. The smallest absolute Gasteiger partial charge is 0.238 e. The number of para-hydroxylation sites is 1. The number of hydrogen-bond donors (Lipinski definition) is 0. The normalized spacial score (nSPS) is 17.3. The molecular formula is C22H24N8OS. The van der Waals surface area contributed by atoms with Crippen LogP contribution in [0.2, 0.25) is 0 Å². The molecule has 2 unspecified atom stereocenters. The Hall–Kier alpha value is -3.40. The van der Waals surface area contributed by atoms with Gasteiger partial charge in [0.25, 0.3) is 0 Å². The maximum Gasteiger partial charge on any atom is 0.238 e. The summed E-state index contributed by atoms with van der Waals surface area (Å²) in [6, 6.07) is 9.64. The van der Waals surface area contributed by atoms with Crippen LogP contribution in [0.15, 0.2) is 54.4 Å². The molecule has 10 heteroatoms. The van der Waals surface area contributed by atoms with E-state index >= 15 is 0 Å². The fourth-order valence-corrected chi connectivity index (χ4v) is 4.76. The fraction of sp³-hybridized carbons (Fsp3) is 0.364. The third kappa shape index (κ3) is 4.45. The van der Waals surface area contributed by atoms with E-state index in [4.69, 9.17) is 9.72 Å². The van der Waals surface area contributed by atoms with E-state index in [0.717, 1.165) is 60.3 Å². The number of rotatable bonds is 7. The van der Waals surface area contributed by atoms with Crippen LogP contribution in [0.5, 0.6) is 5.75 Å². The minimum atomic E-state index is -0.526. The minimum Gasteiger partial charge on any atom is -0.463 e. The Morgan fingerprint density at radius 2 is 2.03 bits per heavy atom. The molecule has 1 saturated heterocycles. The second kappa shape index (κ2) is 9.39. The quantitative estimate of drug-likeness (QED) is 0.424. The van der Waals surface area contributed by atoms with Gasteiger partial charge in [0.1, 0.15) is 17.8 Å². The summed E-state index contributed by atoms with van der Waals surface area (Å²) in [6.45, 7) is 3.93. The first-order valence-corrected chi connectivity index (χ1v) is 11.6. The molecule has 1 aliphatic rings. The lowest BCUT2D eigenvalue weighted by molar-refractivity contribution is 0.152. The van der Waals surface area contributed by atoms with Crippen LogP contribution < -0.4 is 9.64 Å². The van der Waals surface area contributed by atoms with Gasteiger partial charge >= 0.3 is 0 Å². The average molecular weight is 449 g/mol. The van der Waals surface area contributed by atoms with Crippen molar-refractivity contribution in [2.24, 2.45) is 0 Å². The van der Waals surface area contributed by atoms with Crippen molar-refractivity contribution in [3.8, 4) is 5.75 Å². The third-order valence-corrected chi connectivity index (χ3v) is 6.57. The van der Waals surface area contributed by atoms with Crippen molar-refractivity contribution in [2.75, 3.05) is 18.0 Å². The van der Waals surface area contributed by atoms with E-state index in [2.05, 4.69) is 37.3 Å². The van der Waals surface area contributed by atoms with Gasteiger partial charge in [0.2, 0.25) is 12.2 Å². The standard InChI is InChI=1S/C22H24N8OS/c1-2-16-11-23-22(24-12-16)29-10-6-7-17(13-29)20-26-19(14-32-20)21(30-15-25-27-28-30)31-18-8-4-3-5-9-18/h3-5,8-9,11-12,14-15,17,21H,2,6-7,10,13H2,1H3. The molecule has 1 aromatic carbocycles. The van der Waals surface area contributed by atoms with E-state index in [1.54, 1.807) is 22.3 Å². The Kier molecular flexibility index (Phi) is 6.02. The van der Waals surface area contributed by atoms with Crippen molar-refractivity contribution in [3.05, 3.63) is 70.7 Å².